The highest BCUT2D eigenvalue weighted by Gasteiger charge is 2.36. The van der Waals surface area contributed by atoms with Gasteiger partial charge in [-0.1, -0.05) is 0 Å². The molecule has 2 rings (SSSR count). The molecule has 150 valence electrons. The summed E-state index contributed by atoms with van der Waals surface area (Å²) in [7, 11) is 0. The molecule has 2 atom stereocenters. The number of benzene rings is 1. The van der Waals surface area contributed by atoms with Crippen molar-refractivity contribution in [2.45, 2.75) is 46.6 Å². The molecule has 1 saturated heterocycles. The maximum absolute atomic E-state index is 13.1. The normalized spacial score (nSPS) is 19.5. The smallest absolute Gasteiger partial charge is 0.308 e. The van der Waals surface area contributed by atoms with Crippen LogP contribution >= 0.6 is 0 Å². The zero-order chi connectivity index (χ0) is 20.0. The molecule has 1 aliphatic heterocycles. The van der Waals surface area contributed by atoms with E-state index >= 15 is 0 Å². The molecule has 1 aliphatic rings. The second-order valence-corrected chi connectivity index (χ2v) is 6.43. The summed E-state index contributed by atoms with van der Waals surface area (Å²) in [5.74, 6) is -0.257. The third-order valence-electron chi connectivity index (χ3n) is 4.72. The third kappa shape index (κ3) is 4.64. The van der Waals surface area contributed by atoms with Crippen LogP contribution in [-0.2, 0) is 4.79 Å². The first-order valence-corrected chi connectivity index (χ1v) is 9.54. The number of carboxylic acid groups (broad SMARTS) is 1. The number of carboxylic acids is 1. The molecular weight excluding hydrogens is 350 g/mol. The fourth-order valence-corrected chi connectivity index (χ4v) is 3.44. The summed E-state index contributed by atoms with van der Waals surface area (Å²) in [5, 5.41) is 9.41. The standard InChI is InChI=1S/C20H29NO6/c1-5-25-16-11-14(12-17(26-6-2)18(16)27-7-3)19(22)21-10-8-9-15(13(21)4)20(23)24/h11-13,15H,5-10H2,1-4H3,(H,23,24)/t13-,15-/m0/s1. The van der Waals surface area contributed by atoms with Crippen molar-refractivity contribution in [1.82, 2.24) is 4.90 Å². The molecule has 1 aromatic rings. The Bertz CT molecular complexity index is 647. The highest BCUT2D eigenvalue weighted by Crippen LogP contribution is 2.40. The molecule has 1 fully saturated rings. The van der Waals surface area contributed by atoms with Crippen molar-refractivity contribution in [2.24, 2.45) is 5.92 Å². The molecule has 7 nitrogen and oxygen atoms in total. The molecule has 1 heterocycles. The minimum Gasteiger partial charge on any atom is -0.490 e. The summed E-state index contributed by atoms with van der Waals surface area (Å²) >= 11 is 0. The zero-order valence-electron chi connectivity index (χ0n) is 16.5. The number of rotatable bonds is 8. The van der Waals surface area contributed by atoms with Gasteiger partial charge in [-0.05, 0) is 52.7 Å². The second-order valence-electron chi connectivity index (χ2n) is 6.43. The van der Waals surface area contributed by atoms with Crippen LogP contribution in [0.4, 0.5) is 0 Å². The topological polar surface area (TPSA) is 85.3 Å². The molecule has 1 aromatic carbocycles. The largest absolute Gasteiger partial charge is 0.490 e. The number of aliphatic carboxylic acids is 1. The number of carbonyl (C=O) groups is 2. The Morgan fingerprint density at radius 3 is 2.11 bits per heavy atom. The minimum atomic E-state index is -0.864. The Labute approximate surface area is 160 Å². The summed E-state index contributed by atoms with van der Waals surface area (Å²) in [5.41, 5.74) is 0.406. The molecule has 1 N–H and O–H groups in total. The number of carbonyl (C=O) groups excluding carboxylic acids is 1. The van der Waals surface area contributed by atoms with Crippen molar-refractivity contribution in [3.63, 3.8) is 0 Å². The van der Waals surface area contributed by atoms with Crippen molar-refractivity contribution >= 4 is 11.9 Å². The molecule has 0 aliphatic carbocycles. The monoisotopic (exact) mass is 379 g/mol. The number of ether oxygens (including phenoxy) is 3. The van der Waals surface area contributed by atoms with E-state index in [0.717, 1.165) is 0 Å². The van der Waals surface area contributed by atoms with E-state index < -0.39 is 11.9 Å². The Kier molecular flexibility index (Phi) is 7.33. The summed E-state index contributed by atoms with van der Waals surface area (Å²) in [6, 6.07) is 2.92. The highest BCUT2D eigenvalue weighted by molar-refractivity contribution is 5.96. The Morgan fingerprint density at radius 2 is 1.63 bits per heavy atom. The second kappa shape index (κ2) is 9.48. The number of piperidine rings is 1. The van der Waals surface area contributed by atoms with Gasteiger partial charge in [0.1, 0.15) is 0 Å². The van der Waals surface area contributed by atoms with Crippen LogP contribution in [0.25, 0.3) is 0 Å². The van der Waals surface area contributed by atoms with Gasteiger partial charge in [0.15, 0.2) is 11.5 Å². The average Bonchev–Trinajstić information content (AvgIpc) is 2.64. The van der Waals surface area contributed by atoms with Crippen LogP contribution in [0, 0.1) is 5.92 Å². The van der Waals surface area contributed by atoms with E-state index in [1.807, 2.05) is 20.8 Å². The molecule has 27 heavy (non-hydrogen) atoms. The number of amides is 1. The van der Waals surface area contributed by atoms with Gasteiger partial charge >= 0.3 is 5.97 Å². The van der Waals surface area contributed by atoms with E-state index in [-0.39, 0.29) is 11.9 Å². The first-order valence-electron chi connectivity index (χ1n) is 9.54. The van der Waals surface area contributed by atoms with Crippen LogP contribution < -0.4 is 14.2 Å². The molecular formula is C20H29NO6. The third-order valence-corrected chi connectivity index (χ3v) is 4.72. The molecule has 0 bridgehead atoms. The Morgan fingerprint density at radius 1 is 1.07 bits per heavy atom. The summed E-state index contributed by atoms with van der Waals surface area (Å²) in [6.45, 7) is 9.18. The summed E-state index contributed by atoms with van der Waals surface area (Å²) in [4.78, 5) is 26.2. The van der Waals surface area contributed by atoms with E-state index in [0.29, 0.717) is 62.0 Å². The van der Waals surface area contributed by atoms with Gasteiger partial charge in [0.2, 0.25) is 5.75 Å². The van der Waals surface area contributed by atoms with Crippen molar-refractivity contribution in [3.05, 3.63) is 17.7 Å². The van der Waals surface area contributed by atoms with E-state index in [1.165, 1.54) is 0 Å². The van der Waals surface area contributed by atoms with Crippen LogP contribution in [0.3, 0.4) is 0 Å². The van der Waals surface area contributed by atoms with Crippen LogP contribution in [0.15, 0.2) is 12.1 Å². The Balaban J connectivity index is 2.40. The minimum absolute atomic E-state index is 0.224. The lowest BCUT2D eigenvalue weighted by atomic mass is 9.90. The van der Waals surface area contributed by atoms with Crippen LogP contribution in [0.2, 0.25) is 0 Å². The van der Waals surface area contributed by atoms with Crippen molar-refractivity contribution in [1.29, 1.82) is 0 Å². The maximum Gasteiger partial charge on any atom is 0.308 e. The Hall–Kier alpha value is -2.44. The highest BCUT2D eigenvalue weighted by atomic mass is 16.5. The number of hydrogen-bond acceptors (Lipinski definition) is 5. The van der Waals surface area contributed by atoms with Crippen molar-refractivity contribution < 1.29 is 28.9 Å². The number of hydrogen-bond donors (Lipinski definition) is 1. The summed E-state index contributed by atoms with van der Waals surface area (Å²) < 4.78 is 17.0. The van der Waals surface area contributed by atoms with Gasteiger partial charge in [-0.15, -0.1) is 0 Å². The maximum atomic E-state index is 13.1. The van der Waals surface area contributed by atoms with E-state index in [4.69, 9.17) is 14.2 Å². The van der Waals surface area contributed by atoms with Gasteiger partial charge < -0.3 is 24.2 Å². The molecule has 0 saturated carbocycles. The lowest BCUT2D eigenvalue weighted by Crippen LogP contribution is -2.49. The predicted octanol–water partition coefficient (Wildman–Crippen LogP) is 3.21. The molecule has 1 amide bonds. The molecule has 0 unspecified atom stereocenters. The molecule has 0 spiro atoms. The van der Waals surface area contributed by atoms with E-state index in [2.05, 4.69) is 0 Å². The van der Waals surface area contributed by atoms with Crippen LogP contribution in [0.5, 0.6) is 17.2 Å². The first kappa shape index (κ1) is 20.9. The van der Waals surface area contributed by atoms with E-state index in [9.17, 15) is 14.7 Å². The lowest BCUT2D eigenvalue weighted by molar-refractivity contribution is -0.144. The lowest BCUT2D eigenvalue weighted by Gasteiger charge is -2.37. The molecule has 0 aromatic heterocycles. The first-order chi connectivity index (χ1) is 12.9. The molecule has 0 radical (unpaired) electrons. The van der Waals surface area contributed by atoms with E-state index in [1.54, 1.807) is 24.0 Å². The van der Waals surface area contributed by atoms with Gasteiger partial charge in [-0.25, -0.2) is 0 Å². The molecule has 7 heteroatoms. The fourth-order valence-electron chi connectivity index (χ4n) is 3.44. The van der Waals surface area contributed by atoms with Gasteiger partial charge in [-0.3, -0.25) is 9.59 Å². The SMILES string of the molecule is CCOc1cc(C(=O)N2CCC[C@H](C(=O)O)[C@@H]2C)cc(OCC)c1OCC. The van der Waals surface area contributed by atoms with Crippen molar-refractivity contribution in [2.75, 3.05) is 26.4 Å². The fraction of sp³-hybridized carbons (Fsp3) is 0.600. The van der Waals surface area contributed by atoms with Gasteiger partial charge in [0.25, 0.3) is 5.91 Å². The predicted molar refractivity (Wildman–Crippen MR) is 101 cm³/mol. The number of likely N-dealkylation sites (tertiary alicyclic amines) is 1. The van der Waals surface area contributed by atoms with Gasteiger partial charge in [-0.2, -0.15) is 0 Å². The quantitative estimate of drug-likeness (QED) is 0.746. The number of nitrogens with zero attached hydrogens (tertiary/aromatic N) is 1. The zero-order valence-corrected chi connectivity index (χ0v) is 16.5. The van der Waals surface area contributed by atoms with Gasteiger partial charge in [0, 0.05) is 18.2 Å². The van der Waals surface area contributed by atoms with Crippen molar-refractivity contribution in [3.8, 4) is 17.2 Å². The van der Waals surface area contributed by atoms with Crippen LogP contribution in [-0.4, -0.2) is 54.3 Å². The average molecular weight is 379 g/mol. The summed E-state index contributed by atoms with van der Waals surface area (Å²) in [6.07, 6.45) is 1.25. The van der Waals surface area contributed by atoms with Crippen LogP contribution in [0.1, 0.15) is 50.9 Å². The van der Waals surface area contributed by atoms with Gasteiger partial charge in [0.05, 0.1) is 25.7 Å².